The van der Waals surface area contributed by atoms with Crippen molar-refractivity contribution in [2.45, 2.75) is 31.6 Å². The summed E-state index contributed by atoms with van der Waals surface area (Å²) >= 11 is 0. The number of aromatic nitrogens is 4. The van der Waals surface area contributed by atoms with Crippen LogP contribution in [0.15, 0.2) is 29.2 Å². The Hall–Kier alpha value is -2.44. The van der Waals surface area contributed by atoms with Crippen LogP contribution in [0, 0.1) is 0 Å². The lowest BCUT2D eigenvalue weighted by atomic mass is 9.96. The number of H-pyrrole nitrogens is 2. The molecule has 0 bridgehead atoms. The highest BCUT2D eigenvalue weighted by molar-refractivity contribution is 5.76. The molecule has 0 aliphatic carbocycles. The zero-order valence-electron chi connectivity index (χ0n) is 12.3. The predicted octanol–water partition coefficient (Wildman–Crippen LogP) is 0.832. The normalized spacial score (nSPS) is 15.9. The average Bonchev–Trinajstić information content (AvgIpc) is 3.00. The Kier molecular flexibility index (Phi) is 4.32. The summed E-state index contributed by atoms with van der Waals surface area (Å²) in [7, 11) is 0. The fourth-order valence-electron chi connectivity index (χ4n) is 2.82. The summed E-state index contributed by atoms with van der Waals surface area (Å²) in [6.45, 7) is 1.42. The molecule has 0 spiro atoms. The van der Waals surface area contributed by atoms with Gasteiger partial charge in [-0.1, -0.05) is 6.07 Å². The first-order chi connectivity index (χ1) is 10.7. The van der Waals surface area contributed by atoms with Gasteiger partial charge < -0.3 is 4.90 Å². The smallest absolute Gasteiger partial charge is 0.340 e. The Morgan fingerprint density at radius 2 is 2.14 bits per heavy atom. The molecule has 7 nitrogen and oxygen atoms in total. The molecule has 0 saturated carbocycles. The number of aryl methyl sites for hydroxylation is 1. The molecule has 1 saturated heterocycles. The number of rotatable bonds is 4. The van der Waals surface area contributed by atoms with E-state index in [0.29, 0.717) is 31.8 Å². The summed E-state index contributed by atoms with van der Waals surface area (Å²) in [6.07, 6.45) is 4.56. The molecule has 0 aromatic carbocycles. The van der Waals surface area contributed by atoms with Gasteiger partial charge in [0.25, 0.3) is 0 Å². The summed E-state index contributed by atoms with van der Waals surface area (Å²) in [4.78, 5) is 32.1. The van der Waals surface area contributed by atoms with E-state index in [1.807, 2.05) is 23.1 Å². The zero-order chi connectivity index (χ0) is 15.4. The molecule has 1 amide bonds. The van der Waals surface area contributed by atoms with Crippen molar-refractivity contribution >= 4 is 5.91 Å². The zero-order valence-corrected chi connectivity index (χ0v) is 12.3. The van der Waals surface area contributed by atoms with Crippen LogP contribution in [0.5, 0.6) is 0 Å². The molecule has 2 N–H and O–H groups in total. The summed E-state index contributed by atoms with van der Waals surface area (Å²) < 4.78 is 0. The molecule has 3 rings (SSSR count). The Bertz CT molecular complexity index is 670. The highest BCUT2D eigenvalue weighted by Crippen LogP contribution is 2.24. The third-order valence-corrected chi connectivity index (χ3v) is 4.08. The number of nitrogens with zero attached hydrogens (tertiary/aromatic N) is 3. The maximum Gasteiger partial charge on any atom is 0.340 e. The minimum atomic E-state index is -0.274. The van der Waals surface area contributed by atoms with E-state index in [1.54, 1.807) is 6.20 Å². The molecule has 116 valence electrons. The number of amides is 1. The number of nitrogens with one attached hydrogen (secondary N) is 2. The monoisotopic (exact) mass is 301 g/mol. The van der Waals surface area contributed by atoms with Gasteiger partial charge in [0, 0.05) is 37.3 Å². The summed E-state index contributed by atoms with van der Waals surface area (Å²) in [5.74, 6) is 1.09. The molecule has 1 fully saturated rings. The maximum absolute atomic E-state index is 12.2. The fourth-order valence-corrected chi connectivity index (χ4v) is 2.82. The second-order valence-corrected chi connectivity index (χ2v) is 5.54. The molecule has 2 aromatic heterocycles. The van der Waals surface area contributed by atoms with Gasteiger partial charge in [0.05, 0.1) is 0 Å². The van der Waals surface area contributed by atoms with Gasteiger partial charge in [-0.05, 0) is 31.4 Å². The third kappa shape index (κ3) is 3.41. The predicted molar refractivity (Wildman–Crippen MR) is 80.3 cm³/mol. The van der Waals surface area contributed by atoms with Crippen LogP contribution in [0.1, 0.15) is 36.7 Å². The van der Waals surface area contributed by atoms with Crippen LogP contribution in [-0.4, -0.2) is 44.1 Å². The average molecular weight is 301 g/mol. The third-order valence-electron chi connectivity index (χ3n) is 4.08. The van der Waals surface area contributed by atoms with E-state index in [9.17, 15) is 9.59 Å². The SMILES string of the molecule is O=C(CCc1ccccn1)N1CCC(c2n[nH]c(=O)[nH]2)CC1. The van der Waals surface area contributed by atoms with Crippen LogP contribution in [0.3, 0.4) is 0 Å². The highest BCUT2D eigenvalue weighted by Gasteiger charge is 2.25. The van der Waals surface area contributed by atoms with E-state index in [-0.39, 0.29) is 17.5 Å². The summed E-state index contributed by atoms with van der Waals surface area (Å²) in [5.41, 5.74) is 0.670. The van der Waals surface area contributed by atoms with Gasteiger partial charge >= 0.3 is 5.69 Å². The second-order valence-electron chi connectivity index (χ2n) is 5.54. The first-order valence-corrected chi connectivity index (χ1v) is 7.54. The molecule has 0 radical (unpaired) electrons. The van der Waals surface area contributed by atoms with E-state index < -0.39 is 0 Å². The van der Waals surface area contributed by atoms with Crippen LogP contribution >= 0.6 is 0 Å². The van der Waals surface area contributed by atoms with E-state index in [4.69, 9.17) is 0 Å². The van der Waals surface area contributed by atoms with Crippen molar-refractivity contribution in [2.75, 3.05) is 13.1 Å². The van der Waals surface area contributed by atoms with Crippen molar-refractivity contribution in [1.29, 1.82) is 0 Å². The van der Waals surface area contributed by atoms with Crippen molar-refractivity contribution in [2.24, 2.45) is 0 Å². The number of pyridine rings is 1. The van der Waals surface area contributed by atoms with Crippen molar-refractivity contribution in [3.05, 3.63) is 46.4 Å². The summed E-state index contributed by atoms with van der Waals surface area (Å²) in [5, 5.41) is 6.37. The molecular formula is C15H19N5O2. The summed E-state index contributed by atoms with van der Waals surface area (Å²) in [6, 6.07) is 5.74. The fraction of sp³-hybridized carbons (Fsp3) is 0.467. The first kappa shape index (κ1) is 14.5. The van der Waals surface area contributed by atoms with Crippen LogP contribution in [0.4, 0.5) is 0 Å². The minimum absolute atomic E-state index is 0.166. The highest BCUT2D eigenvalue weighted by atomic mass is 16.2. The lowest BCUT2D eigenvalue weighted by molar-refractivity contribution is -0.132. The van der Waals surface area contributed by atoms with Crippen molar-refractivity contribution in [3.8, 4) is 0 Å². The number of carbonyl (C=O) groups excluding carboxylic acids is 1. The van der Waals surface area contributed by atoms with Gasteiger partial charge in [-0.15, -0.1) is 0 Å². The van der Waals surface area contributed by atoms with Gasteiger partial charge in [-0.2, -0.15) is 5.10 Å². The quantitative estimate of drug-likeness (QED) is 0.874. The molecule has 0 unspecified atom stereocenters. The van der Waals surface area contributed by atoms with E-state index in [2.05, 4.69) is 20.2 Å². The minimum Gasteiger partial charge on any atom is -0.343 e. The lowest BCUT2D eigenvalue weighted by Gasteiger charge is -2.31. The Balaban J connectivity index is 1.48. The Morgan fingerprint density at radius 3 is 2.77 bits per heavy atom. The molecule has 1 aliphatic rings. The van der Waals surface area contributed by atoms with Crippen molar-refractivity contribution in [3.63, 3.8) is 0 Å². The van der Waals surface area contributed by atoms with Gasteiger partial charge in [0.1, 0.15) is 5.82 Å². The van der Waals surface area contributed by atoms with E-state index in [1.165, 1.54) is 0 Å². The largest absolute Gasteiger partial charge is 0.343 e. The van der Waals surface area contributed by atoms with Crippen molar-refractivity contribution < 1.29 is 4.79 Å². The number of piperidine rings is 1. The van der Waals surface area contributed by atoms with Crippen LogP contribution in [-0.2, 0) is 11.2 Å². The molecule has 0 atom stereocenters. The molecule has 7 heteroatoms. The number of hydrogen-bond acceptors (Lipinski definition) is 4. The Morgan fingerprint density at radius 1 is 1.32 bits per heavy atom. The molecule has 3 heterocycles. The first-order valence-electron chi connectivity index (χ1n) is 7.54. The van der Waals surface area contributed by atoms with Crippen LogP contribution in [0.25, 0.3) is 0 Å². The number of aromatic amines is 2. The molecule has 22 heavy (non-hydrogen) atoms. The van der Waals surface area contributed by atoms with Gasteiger partial charge in [0.15, 0.2) is 0 Å². The standard InChI is InChI=1S/C15H19N5O2/c21-13(5-4-12-3-1-2-8-16-12)20-9-6-11(7-10-20)14-17-15(22)19-18-14/h1-3,8,11H,4-7,9-10H2,(H2,17,18,19,22). The van der Waals surface area contributed by atoms with Crippen LogP contribution < -0.4 is 5.69 Å². The molecular weight excluding hydrogens is 282 g/mol. The lowest BCUT2D eigenvalue weighted by Crippen LogP contribution is -2.38. The van der Waals surface area contributed by atoms with Crippen molar-refractivity contribution in [1.82, 2.24) is 25.1 Å². The number of likely N-dealkylation sites (tertiary alicyclic amines) is 1. The van der Waals surface area contributed by atoms with Gasteiger partial charge in [-0.25, -0.2) is 9.89 Å². The number of hydrogen-bond donors (Lipinski definition) is 2. The van der Waals surface area contributed by atoms with E-state index in [0.717, 1.165) is 18.5 Å². The Labute approximate surface area is 127 Å². The van der Waals surface area contributed by atoms with Crippen LogP contribution in [0.2, 0.25) is 0 Å². The second kappa shape index (κ2) is 6.55. The maximum atomic E-state index is 12.2. The van der Waals surface area contributed by atoms with Gasteiger partial charge in [-0.3, -0.25) is 14.8 Å². The topological polar surface area (TPSA) is 94.7 Å². The molecule has 2 aromatic rings. The van der Waals surface area contributed by atoms with Gasteiger partial charge in [0.2, 0.25) is 5.91 Å². The van der Waals surface area contributed by atoms with E-state index >= 15 is 0 Å². The molecule has 1 aliphatic heterocycles. The number of carbonyl (C=O) groups is 1.